The van der Waals surface area contributed by atoms with Crippen molar-refractivity contribution in [3.05, 3.63) is 15.9 Å². The van der Waals surface area contributed by atoms with Crippen molar-refractivity contribution < 1.29 is 4.79 Å². The van der Waals surface area contributed by atoms with Crippen molar-refractivity contribution in [2.75, 3.05) is 0 Å². The van der Waals surface area contributed by atoms with Gasteiger partial charge < -0.3 is 0 Å². The standard InChI is InChI=1S/C14H23BrN2O/c1-6-17-11(13(15)10(2)16-17)8-7-9-12(18)14(3,4)5/h6-9H2,1-5H3. The van der Waals surface area contributed by atoms with Crippen LogP contribution in [-0.4, -0.2) is 15.6 Å². The average Bonchev–Trinajstić information content (AvgIpc) is 2.55. The summed E-state index contributed by atoms with van der Waals surface area (Å²) < 4.78 is 3.11. The molecule has 0 aliphatic heterocycles. The molecule has 102 valence electrons. The topological polar surface area (TPSA) is 34.9 Å². The number of hydrogen-bond acceptors (Lipinski definition) is 2. The van der Waals surface area contributed by atoms with Gasteiger partial charge in [-0.05, 0) is 42.6 Å². The maximum absolute atomic E-state index is 11.9. The molecule has 0 fully saturated rings. The molecule has 0 aliphatic rings. The highest BCUT2D eigenvalue weighted by atomic mass is 79.9. The van der Waals surface area contributed by atoms with Gasteiger partial charge >= 0.3 is 0 Å². The predicted molar refractivity (Wildman–Crippen MR) is 77.7 cm³/mol. The highest BCUT2D eigenvalue weighted by molar-refractivity contribution is 9.10. The summed E-state index contributed by atoms with van der Waals surface area (Å²) in [5.41, 5.74) is 2.00. The van der Waals surface area contributed by atoms with Crippen LogP contribution in [0.1, 0.15) is 51.9 Å². The lowest BCUT2D eigenvalue weighted by atomic mass is 9.88. The molecule has 0 spiro atoms. The SMILES string of the molecule is CCn1nc(C)c(Br)c1CCCC(=O)C(C)(C)C. The van der Waals surface area contributed by atoms with E-state index < -0.39 is 0 Å². The van der Waals surface area contributed by atoms with Gasteiger partial charge in [0, 0.05) is 18.4 Å². The van der Waals surface area contributed by atoms with E-state index in [4.69, 9.17) is 0 Å². The van der Waals surface area contributed by atoms with E-state index in [-0.39, 0.29) is 5.41 Å². The van der Waals surface area contributed by atoms with E-state index >= 15 is 0 Å². The first-order valence-electron chi connectivity index (χ1n) is 6.52. The van der Waals surface area contributed by atoms with Crippen LogP contribution in [0.4, 0.5) is 0 Å². The highest BCUT2D eigenvalue weighted by Gasteiger charge is 2.21. The minimum Gasteiger partial charge on any atom is -0.299 e. The lowest BCUT2D eigenvalue weighted by Crippen LogP contribution is -2.20. The van der Waals surface area contributed by atoms with Gasteiger partial charge in [-0.25, -0.2) is 0 Å². The maximum atomic E-state index is 11.9. The summed E-state index contributed by atoms with van der Waals surface area (Å²) in [6.45, 7) is 10.9. The summed E-state index contributed by atoms with van der Waals surface area (Å²) in [6, 6.07) is 0. The molecule has 0 unspecified atom stereocenters. The molecule has 1 heterocycles. The molecule has 0 radical (unpaired) electrons. The Morgan fingerprint density at radius 1 is 1.39 bits per heavy atom. The quantitative estimate of drug-likeness (QED) is 0.825. The van der Waals surface area contributed by atoms with Crippen molar-refractivity contribution in [1.82, 2.24) is 9.78 Å². The number of ketones is 1. The Bertz CT molecular complexity index is 430. The van der Waals surface area contributed by atoms with Crippen LogP contribution in [0.3, 0.4) is 0 Å². The van der Waals surface area contributed by atoms with Gasteiger partial charge in [-0.2, -0.15) is 5.10 Å². The summed E-state index contributed by atoms with van der Waals surface area (Å²) in [4.78, 5) is 11.9. The first-order chi connectivity index (χ1) is 8.27. The summed E-state index contributed by atoms with van der Waals surface area (Å²) in [5, 5.41) is 4.46. The van der Waals surface area contributed by atoms with Gasteiger partial charge in [0.05, 0.1) is 15.9 Å². The molecule has 0 aromatic carbocycles. The zero-order chi connectivity index (χ0) is 13.9. The van der Waals surface area contributed by atoms with Gasteiger partial charge in [0.2, 0.25) is 0 Å². The molecule has 3 nitrogen and oxygen atoms in total. The lowest BCUT2D eigenvalue weighted by Gasteiger charge is -2.16. The molecule has 1 rings (SSSR count). The van der Waals surface area contributed by atoms with Crippen molar-refractivity contribution in [1.29, 1.82) is 0 Å². The highest BCUT2D eigenvalue weighted by Crippen LogP contribution is 2.24. The number of nitrogens with zero attached hydrogens (tertiary/aromatic N) is 2. The van der Waals surface area contributed by atoms with Crippen LogP contribution in [0.5, 0.6) is 0 Å². The van der Waals surface area contributed by atoms with Gasteiger partial charge in [-0.1, -0.05) is 20.8 Å². The number of halogens is 1. The van der Waals surface area contributed by atoms with E-state index in [9.17, 15) is 4.79 Å². The molecule has 4 heteroatoms. The molecule has 0 N–H and O–H groups in total. The number of carbonyl (C=O) groups is 1. The van der Waals surface area contributed by atoms with E-state index in [0.29, 0.717) is 12.2 Å². The minimum atomic E-state index is -0.224. The first-order valence-corrected chi connectivity index (χ1v) is 7.31. The molecule has 0 atom stereocenters. The minimum absolute atomic E-state index is 0.224. The third-order valence-electron chi connectivity index (χ3n) is 3.11. The van der Waals surface area contributed by atoms with Crippen LogP contribution in [0.2, 0.25) is 0 Å². The summed E-state index contributed by atoms with van der Waals surface area (Å²) in [5.74, 6) is 0.331. The fourth-order valence-electron chi connectivity index (χ4n) is 1.90. The van der Waals surface area contributed by atoms with E-state index in [1.165, 1.54) is 5.69 Å². The van der Waals surface area contributed by atoms with Gasteiger partial charge in [-0.15, -0.1) is 0 Å². The fourth-order valence-corrected chi connectivity index (χ4v) is 2.38. The first kappa shape index (κ1) is 15.4. The molecular weight excluding hydrogens is 292 g/mol. The van der Waals surface area contributed by atoms with Gasteiger partial charge in [0.25, 0.3) is 0 Å². The molecule has 0 bridgehead atoms. The van der Waals surface area contributed by atoms with Crippen molar-refractivity contribution in [3.8, 4) is 0 Å². The summed E-state index contributed by atoms with van der Waals surface area (Å²) >= 11 is 3.58. The van der Waals surface area contributed by atoms with Crippen LogP contribution in [0.25, 0.3) is 0 Å². The third kappa shape index (κ3) is 3.67. The predicted octanol–water partition coefficient (Wildman–Crippen LogP) is 3.91. The fraction of sp³-hybridized carbons (Fsp3) is 0.714. The van der Waals surface area contributed by atoms with Gasteiger partial charge in [-0.3, -0.25) is 9.48 Å². The Kier molecular flexibility index (Phi) is 5.14. The summed E-state index contributed by atoms with van der Waals surface area (Å²) in [7, 11) is 0. The van der Waals surface area contributed by atoms with Crippen molar-refractivity contribution in [2.24, 2.45) is 5.41 Å². The molecule has 0 saturated heterocycles. The second-order valence-electron chi connectivity index (χ2n) is 5.69. The van der Waals surface area contributed by atoms with Crippen molar-refractivity contribution in [3.63, 3.8) is 0 Å². The smallest absolute Gasteiger partial charge is 0.138 e. The molecule has 0 aliphatic carbocycles. The number of hydrogen-bond donors (Lipinski definition) is 0. The Labute approximate surface area is 118 Å². The van der Waals surface area contributed by atoms with Crippen LogP contribution in [0.15, 0.2) is 4.47 Å². The van der Waals surface area contributed by atoms with Crippen LogP contribution >= 0.6 is 15.9 Å². The lowest BCUT2D eigenvalue weighted by molar-refractivity contribution is -0.126. The maximum Gasteiger partial charge on any atom is 0.138 e. The number of rotatable bonds is 5. The second kappa shape index (κ2) is 6.00. The Balaban J connectivity index is 2.62. The second-order valence-corrected chi connectivity index (χ2v) is 6.48. The summed E-state index contributed by atoms with van der Waals surface area (Å²) in [6.07, 6.45) is 2.43. The molecule has 1 aromatic rings. The largest absolute Gasteiger partial charge is 0.299 e. The molecule has 0 saturated carbocycles. The number of Topliss-reactive ketones (excluding diaryl/α,β-unsaturated/α-hetero) is 1. The molecule has 18 heavy (non-hydrogen) atoms. The molecule has 0 amide bonds. The Morgan fingerprint density at radius 3 is 2.50 bits per heavy atom. The van der Waals surface area contributed by atoms with Crippen LogP contribution in [0, 0.1) is 12.3 Å². The third-order valence-corrected chi connectivity index (χ3v) is 4.14. The monoisotopic (exact) mass is 314 g/mol. The Morgan fingerprint density at radius 2 is 2.00 bits per heavy atom. The normalized spacial score (nSPS) is 11.9. The van der Waals surface area contributed by atoms with Crippen molar-refractivity contribution in [2.45, 2.75) is 60.4 Å². The number of carbonyl (C=O) groups excluding carboxylic acids is 1. The molecule has 1 aromatic heterocycles. The van der Waals surface area contributed by atoms with E-state index in [0.717, 1.165) is 29.6 Å². The number of aryl methyl sites for hydroxylation is 2. The van der Waals surface area contributed by atoms with E-state index in [1.54, 1.807) is 0 Å². The van der Waals surface area contributed by atoms with Crippen molar-refractivity contribution >= 4 is 21.7 Å². The number of aromatic nitrogens is 2. The zero-order valence-electron chi connectivity index (χ0n) is 12.0. The average molecular weight is 315 g/mol. The Hall–Kier alpha value is -0.640. The van der Waals surface area contributed by atoms with E-state index in [1.807, 2.05) is 32.4 Å². The van der Waals surface area contributed by atoms with Crippen LogP contribution < -0.4 is 0 Å². The van der Waals surface area contributed by atoms with Gasteiger partial charge in [0.15, 0.2) is 0 Å². The molecular formula is C14H23BrN2O. The zero-order valence-corrected chi connectivity index (χ0v) is 13.6. The van der Waals surface area contributed by atoms with E-state index in [2.05, 4.69) is 28.0 Å². The van der Waals surface area contributed by atoms with Crippen LogP contribution in [-0.2, 0) is 17.8 Å². The van der Waals surface area contributed by atoms with Gasteiger partial charge in [0.1, 0.15) is 5.78 Å².